The van der Waals surface area contributed by atoms with Gasteiger partial charge in [0.15, 0.2) is 18.6 Å². The van der Waals surface area contributed by atoms with Crippen LogP contribution in [-0.2, 0) is 24.2 Å². The minimum Gasteiger partial charge on any atom is -0.748 e. The molecule has 8 N–H and O–H groups in total. The van der Waals surface area contributed by atoms with Crippen molar-refractivity contribution in [2.24, 2.45) is 14.1 Å². The molecule has 5 aromatic rings. The van der Waals surface area contributed by atoms with E-state index in [1.165, 1.54) is 0 Å². The van der Waals surface area contributed by atoms with Gasteiger partial charge in [0.2, 0.25) is 5.52 Å². The van der Waals surface area contributed by atoms with Gasteiger partial charge < -0.3 is 37.1 Å². The van der Waals surface area contributed by atoms with Crippen LogP contribution in [0.15, 0.2) is 97.5 Å². The van der Waals surface area contributed by atoms with E-state index in [-0.39, 0.29) is 5.91 Å². The lowest BCUT2D eigenvalue weighted by Gasteiger charge is -2.13. The fraction of sp³-hybridized carbons (Fsp3) is 0.129. The number of fused-ring (bicyclic) bond motifs is 1. The summed E-state index contributed by atoms with van der Waals surface area (Å²) in [7, 11) is -0.215. The molecule has 0 atom stereocenters. The minimum absolute atomic E-state index is 0.273. The molecule has 0 aliphatic heterocycles. The second-order valence-corrected chi connectivity index (χ2v) is 11.5. The van der Waals surface area contributed by atoms with Crippen LogP contribution in [0.25, 0.3) is 10.9 Å². The fourth-order valence-electron chi connectivity index (χ4n) is 4.24. The quantitative estimate of drug-likeness (QED) is 0.0865. The van der Waals surface area contributed by atoms with E-state index < -0.39 is 22.5 Å². The molecular formula is C31H34N7O5S+. The zero-order chi connectivity index (χ0) is 31.9. The van der Waals surface area contributed by atoms with Gasteiger partial charge in [0.25, 0.3) is 5.91 Å². The van der Waals surface area contributed by atoms with E-state index in [9.17, 15) is 17.8 Å². The number of amides is 1. The number of nitrogens with one attached hydrogen (secondary N) is 3. The Balaban J connectivity index is 0.000000566. The molecule has 1 amide bonds. The van der Waals surface area contributed by atoms with Crippen molar-refractivity contribution in [3.8, 4) is 0 Å². The Hall–Kier alpha value is -5.24. The van der Waals surface area contributed by atoms with Crippen molar-refractivity contribution < 1.29 is 32.0 Å². The fourth-order valence-corrected chi connectivity index (χ4v) is 4.47. The highest BCUT2D eigenvalue weighted by Gasteiger charge is 2.14. The molecule has 12 nitrogen and oxygen atoms in total. The van der Waals surface area contributed by atoms with Crippen molar-refractivity contribution in [1.29, 1.82) is 0 Å². The van der Waals surface area contributed by atoms with E-state index in [0.29, 0.717) is 22.6 Å². The van der Waals surface area contributed by atoms with Gasteiger partial charge in [-0.1, -0.05) is 0 Å². The number of pyridine rings is 2. The summed E-state index contributed by atoms with van der Waals surface area (Å²) in [4.78, 5) is 12.9. The number of aryl methyl sites for hydroxylation is 2. The maximum absolute atomic E-state index is 12.9. The number of rotatable bonds is 8. The molecule has 44 heavy (non-hydrogen) atoms. The van der Waals surface area contributed by atoms with Crippen LogP contribution in [-0.4, -0.2) is 36.3 Å². The maximum atomic E-state index is 12.9. The number of hydrogen-bond acceptors (Lipinski definition) is 9. The van der Waals surface area contributed by atoms with Crippen LogP contribution >= 0.6 is 0 Å². The average molecular weight is 617 g/mol. The van der Waals surface area contributed by atoms with Gasteiger partial charge in [-0.3, -0.25) is 4.79 Å². The normalized spacial score (nSPS) is 10.9. The second kappa shape index (κ2) is 13.8. The van der Waals surface area contributed by atoms with Gasteiger partial charge in [-0.25, -0.2) is 17.6 Å². The molecule has 0 aliphatic rings. The lowest BCUT2D eigenvalue weighted by Crippen LogP contribution is -2.28. The van der Waals surface area contributed by atoms with Gasteiger partial charge in [-0.2, -0.15) is 0 Å². The molecule has 0 radical (unpaired) electrons. The summed E-state index contributed by atoms with van der Waals surface area (Å²) < 4.78 is 32.6. The van der Waals surface area contributed by atoms with E-state index in [1.54, 1.807) is 12.1 Å². The van der Waals surface area contributed by atoms with Crippen molar-refractivity contribution in [3.63, 3.8) is 0 Å². The Morgan fingerprint density at radius 2 is 1.45 bits per heavy atom. The number of benzene rings is 3. The number of nitrogens with zero attached hydrogens (tertiary/aromatic N) is 2. The van der Waals surface area contributed by atoms with Crippen molar-refractivity contribution in [2.75, 3.05) is 39.8 Å². The topological polar surface area (TPSA) is 190 Å². The summed E-state index contributed by atoms with van der Waals surface area (Å²) in [5, 5.41) is 18.5. The monoisotopic (exact) mass is 616 g/mol. The van der Waals surface area contributed by atoms with Crippen molar-refractivity contribution in [2.45, 2.75) is 0 Å². The highest BCUT2D eigenvalue weighted by atomic mass is 32.2. The van der Waals surface area contributed by atoms with Gasteiger partial charge in [-0.05, 0) is 54.6 Å². The van der Waals surface area contributed by atoms with E-state index >= 15 is 0 Å². The molecule has 0 saturated heterocycles. The van der Waals surface area contributed by atoms with Crippen molar-refractivity contribution in [1.82, 2.24) is 0 Å². The number of nitrogen functional groups attached to an aromatic ring is 2. The first-order valence-corrected chi connectivity index (χ1v) is 15.0. The number of aromatic nitrogens is 2. The molecular weight excluding hydrogens is 582 g/mol. The van der Waals surface area contributed by atoms with E-state index in [1.807, 2.05) is 109 Å². The van der Waals surface area contributed by atoms with Gasteiger partial charge in [0.1, 0.15) is 14.1 Å². The lowest BCUT2D eigenvalue weighted by molar-refractivity contribution is -0.671. The number of carbonyl (C=O) groups excluding carboxylic acids is 1. The molecule has 13 heteroatoms. The zero-order valence-corrected chi connectivity index (χ0v) is 25.0. The predicted molar refractivity (Wildman–Crippen MR) is 171 cm³/mol. The first kappa shape index (κ1) is 31.7. The minimum atomic E-state index is -4.17. The summed E-state index contributed by atoms with van der Waals surface area (Å²) in [5.41, 5.74) is 19.1. The molecule has 2 aromatic heterocycles. The van der Waals surface area contributed by atoms with E-state index in [2.05, 4.69) is 16.0 Å². The number of anilines is 7. The Bertz CT molecular complexity index is 1880. The third kappa shape index (κ3) is 8.64. The predicted octanol–water partition coefficient (Wildman–Crippen LogP) is 2.92. The molecule has 0 unspecified atom stereocenters. The SMILES string of the molecule is C[n+]1ccc(Nc2ccc(NC(=O)c3ccc(Nc4cc[n+](C)c5ccc(N)cc45)cc3N)cc2)cc1.O=S(=O)([O-])CCO. The number of carbonyl (C=O) groups is 1. The van der Waals surface area contributed by atoms with Gasteiger partial charge in [-0.15, -0.1) is 0 Å². The van der Waals surface area contributed by atoms with Gasteiger partial charge in [0, 0.05) is 52.7 Å². The van der Waals surface area contributed by atoms with Crippen LogP contribution in [0.5, 0.6) is 0 Å². The molecule has 3 aromatic carbocycles. The number of aliphatic hydroxyl groups is 1. The van der Waals surface area contributed by atoms with Crippen molar-refractivity contribution in [3.05, 3.63) is 103 Å². The Morgan fingerprint density at radius 1 is 0.818 bits per heavy atom. The third-order valence-electron chi connectivity index (χ3n) is 6.48. The van der Waals surface area contributed by atoms with Crippen LogP contribution in [0.4, 0.5) is 39.8 Å². The average Bonchev–Trinajstić information content (AvgIpc) is 2.96. The van der Waals surface area contributed by atoms with Crippen LogP contribution in [0.3, 0.4) is 0 Å². The Kier molecular flexibility index (Phi) is 9.95. The maximum Gasteiger partial charge on any atom is 0.257 e. The van der Waals surface area contributed by atoms with Gasteiger partial charge >= 0.3 is 0 Å². The summed E-state index contributed by atoms with van der Waals surface area (Å²) in [6.07, 6.45) is 5.92. The number of aliphatic hydroxyl groups excluding tert-OH is 1. The molecule has 0 fully saturated rings. The van der Waals surface area contributed by atoms with E-state index in [4.69, 9.17) is 16.6 Å². The Morgan fingerprint density at radius 3 is 2.07 bits per heavy atom. The number of hydrogen-bond donors (Lipinski definition) is 6. The summed E-state index contributed by atoms with van der Waals surface area (Å²) in [6.45, 7) is -0.591. The largest absolute Gasteiger partial charge is 0.748 e. The highest BCUT2D eigenvalue weighted by molar-refractivity contribution is 7.85. The van der Waals surface area contributed by atoms with E-state index in [0.717, 1.165) is 33.7 Å². The third-order valence-corrected chi connectivity index (χ3v) is 7.16. The van der Waals surface area contributed by atoms with Crippen LogP contribution in [0.2, 0.25) is 0 Å². The van der Waals surface area contributed by atoms with Crippen LogP contribution < -0.4 is 36.6 Å². The smallest absolute Gasteiger partial charge is 0.257 e. The van der Waals surface area contributed by atoms with Crippen LogP contribution in [0.1, 0.15) is 10.4 Å². The molecule has 0 saturated carbocycles. The number of nitrogens with two attached hydrogens (primary N) is 2. The molecule has 2 heterocycles. The first-order chi connectivity index (χ1) is 20.9. The highest BCUT2D eigenvalue weighted by Crippen LogP contribution is 2.28. The lowest BCUT2D eigenvalue weighted by atomic mass is 10.1. The standard InChI is InChI=1S/C29H27N7O.C2H6O4S/c1-35-14-11-22(12-15-35)32-20-4-6-21(7-5-20)34-29(37)24-9-8-23(18-26(24)31)33-27-13-16-36(2)28-10-3-19(30)17-25(27)28;3-1-2-7(4,5)6/h3-18H,30H2,1-2H3,(H3,31,34,37);3H,1-2H2,(H,4,5,6)/p+1. The first-order valence-electron chi connectivity index (χ1n) is 13.4. The zero-order valence-electron chi connectivity index (χ0n) is 24.2. The molecule has 5 rings (SSSR count). The molecule has 0 aliphatic carbocycles. The Labute approximate surface area is 255 Å². The van der Waals surface area contributed by atoms with Gasteiger partial charge in [0.05, 0.1) is 44.8 Å². The molecule has 0 spiro atoms. The molecule has 0 bridgehead atoms. The van der Waals surface area contributed by atoms with Crippen LogP contribution in [0, 0.1) is 0 Å². The molecule has 228 valence electrons. The van der Waals surface area contributed by atoms with Crippen molar-refractivity contribution >= 4 is 66.7 Å². The summed E-state index contributed by atoms with van der Waals surface area (Å²) >= 11 is 0. The summed E-state index contributed by atoms with van der Waals surface area (Å²) in [5.74, 6) is -0.960. The second-order valence-electron chi connectivity index (χ2n) is 9.94. The summed E-state index contributed by atoms with van der Waals surface area (Å²) in [6, 6.07) is 24.6.